The minimum atomic E-state index is -0.913. The molecule has 2 aromatic carbocycles. The van der Waals surface area contributed by atoms with Crippen LogP contribution >= 0.6 is 11.8 Å². The SMILES string of the molecule is Cc1ccc2oc(SCc3ccc(C(=O)O)cc3)nc2c1. The Morgan fingerprint density at radius 3 is 2.71 bits per heavy atom. The third-order valence-corrected chi connectivity index (χ3v) is 3.99. The standard InChI is InChI=1S/C16H13NO3S/c1-10-2-7-14-13(8-10)17-16(20-14)21-9-11-3-5-12(6-4-11)15(18)19/h2-8H,9H2,1H3,(H,18,19). The average Bonchev–Trinajstić information content (AvgIpc) is 2.87. The maximum atomic E-state index is 10.8. The van der Waals surface area contributed by atoms with Crippen LogP contribution in [0, 0.1) is 6.92 Å². The third kappa shape index (κ3) is 3.08. The largest absolute Gasteiger partial charge is 0.478 e. The number of nitrogens with zero attached hydrogens (tertiary/aromatic N) is 1. The fourth-order valence-corrected chi connectivity index (χ4v) is 2.76. The number of thioether (sulfide) groups is 1. The first-order valence-electron chi connectivity index (χ1n) is 6.44. The number of aromatic carboxylic acids is 1. The van der Waals surface area contributed by atoms with Gasteiger partial charge in [-0.25, -0.2) is 9.78 Å². The summed E-state index contributed by atoms with van der Waals surface area (Å²) in [7, 11) is 0. The summed E-state index contributed by atoms with van der Waals surface area (Å²) in [6, 6.07) is 12.7. The third-order valence-electron chi connectivity index (χ3n) is 3.09. The van der Waals surface area contributed by atoms with E-state index in [2.05, 4.69) is 4.98 Å². The zero-order valence-electron chi connectivity index (χ0n) is 11.4. The van der Waals surface area contributed by atoms with Gasteiger partial charge in [0.2, 0.25) is 0 Å². The Balaban J connectivity index is 1.72. The van der Waals surface area contributed by atoms with Gasteiger partial charge in [-0.05, 0) is 42.3 Å². The van der Waals surface area contributed by atoms with Gasteiger partial charge in [-0.15, -0.1) is 0 Å². The van der Waals surface area contributed by atoms with E-state index in [-0.39, 0.29) is 0 Å². The number of rotatable bonds is 4. The molecule has 0 radical (unpaired) electrons. The summed E-state index contributed by atoms with van der Waals surface area (Å²) in [4.78, 5) is 15.2. The summed E-state index contributed by atoms with van der Waals surface area (Å²) < 4.78 is 5.66. The highest BCUT2D eigenvalue weighted by atomic mass is 32.2. The highest BCUT2D eigenvalue weighted by Crippen LogP contribution is 2.26. The van der Waals surface area contributed by atoms with E-state index >= 15 is 0 Å². The smallest absolute Gasteiger partial charge is 0.335 e. The number of carboxylic acid groups (broad SMARTS) is 1. The zero-order chi connectivity index (χ0) is 14.8. The van der Waals surface area contributed by atoms with Gasteiger partial charge < -0.3 is 9.52 Å². The van der Waals surface area contributed by atoms with Crippen molar-refractivity contribution in [2.45, 2.75) is 17.9 Å². The molecule has 0 saturated heterocycles. The summed E-state index contributed by atoms with van der Waals surface area (Å²) >= 11 is 1.49. The maximum Gasteiger partial charge on any atom is 0.335 e. The predicted octanol–water partition coefficient (Wildman–Crippen LogP) is 4.13. The van der Waals surface area contributed by atoms with Gasteiger partial charge in [0, 0.05) is 5.75 Å². The van der Waals surface area contributed by atoms with Crippen molar-refractivity contribution in [2.75, 3.05) is 0 Å². The number of hydrogen-bond acceptors (Lipinski definition) is 4. The lowest BCUT2D eigenvalue weighted by atomic mass is 10.1. The number of carboxylic acids is 1. The van der Waals surface area contributed by atoms with Crippen molar-refractivity contribution in [1.82, 2.24) is 4.98 Å². The summed E-state index contributed by atoms with van der Waals surface area (Å²) in [6.45, 7) is 2.02. The number of hydrogen-bond donors (Lipinski definition) is 1. The number of aryl methyl sites for hydroxylation is 1. The van der Waals surface area contributed by atoms with Crippen LogP contribution in [0.2, 0.25) is 0 Å². The fraction of sp³-hybridized carbons (Fsp3) is 0.125. The summed E-state index contributed by atoms with van der Waals surface area (Å²) in [6.07, 6.45) is 0. The Morgan fingerprint density at radius 2 is 2.00 bits per heavy atom. The molecule has 0 atom stereocenters. The highest BCUT2D eigenvalue weighted by molar-refractivity contribution is 7.98. The van der Waals surface area contributed by atoms with E-state index in [0.29, 0.717) is 16.5 Å². The Bertz CT molecular complexity index is 793. The molecular formula is C16H13NO3S. The van der Waals surface area contributed by atoms with Crippen molar-refractivity contribution in [1.29, 1.82) is 0 Å². The van der Waals surface area contributed by atoms with Crippen molar-refractivity contribution in [3.05, 3.63) is 59.2 Å². The average molecular weight is 299 g/mol. The number of fused-ring (bicyclic) bond motifs is 1. The van der Waals surface area contributed by atoms with Crippen molar-refractivity contribution in [3.8, 4) is 0 Å². The van der Waals surface area contributed by atoms with Crippen molar-refractivity contribution >= 4 is 28.8 Å². The van der Waals surface area contributed by atoms with Gasteiger partial charge in [0.15, 0.2) is 5.58 Å². The Hall–Kier alpha value is -2.27. The Kier molecular flexibility index (Phi) is 3.66. The van der Waals surface area contributed by atoms with Crippen LogP contribution in [0.15, 0.2) is 52.1 Å². The van der Waals surface area contributed by atoms with E-state index in [9.17, 15) is 4.79 Å². The first kappa shape index (κ1) is 13.7. The summed E-state index contributed by atoms with van der Waals surface area (Å²) in [5, 5.41) is 9.48. The van der Waals surface area contributed by atoms with Crippen LogP contribution in [0.1, 0.15) is 21.5 Å². The van der Waals surface area contributed by atoms with E-state index in [1.54, 1.807) is 12.1 Å². The van der Waals surface area contributed by atoms with Gasteiger partial charge in [0.25, 0.3) is 5.22 Å². The van der Waals surface area contributed by atoms with E-state index in [0.717, 1.165) is 22.2 Å². The monoisotopic (exact) mass is 299 g/mol. The molecular weight excluding hydrogens is 286 g/mol. The van der Waals surface area contributed by atoms with E-state index < -0.39 is 5.97 Å². The Labute approximate surface area is 125 Å². The molecule has 4 nitrogen and oxygen atoms in total. The molecule has 21 heavy (non-hydrogen) atoms. The maximum absolute atomic E-state index is 10.8. The molecule has 3 aromatic rings. The van der Waals surface area contributed by atoms with E-state index in [1.165, 1.54) is 11.8 Å². The molecule has 0 aliphatic rings. The molecule has 0 aliphatic heterocycles. The molecule has 0 bridgehead atoms. The second-order valence-corrected chi connectivity index (χ2v) is 5.67. The van der Waals surface area contributed by atoms with Crippen LogP contribution in [0.3, 0.4) is 0 Å². The second-order valence-electron chi connectivity index (χ2n) is 4.74. The molecule has 1 heterocycles. The second kappa shape index (κ2) is 5.61. The molecule has 0 spiro atoms. The predicted molar refractivity (Wildman–Crippen MR) is 81.7 cm³/mol. The van der Waals surface area contributed by atoms with Gasteiger partial charge in [-0.1, -0.05) is 30.0 Å². The molecule has 1 N–H and O–H groups in total. The molecule has 5 heteroatoms. The molecule has 0 fully saturated rings. The van der Waals surface area contributed by atoms with Gasteiger partial charge in [0.1, 0.15) is 5.52 Å². The van der Waals surface area contributed by atoms with Gasteiger partial charge in [-0.3, -0.25) is 0 Å². The van der Waals surface area contributed by atoms with Crippen molar-refractivity contribution in [3.63, 3.8) is 0 Å². The van der Waals surface area contributed by atoms with Crippen molar-refractivity contribution < 1.29 is 14.3 Å². The van der Waals surface area contributed by atoms with Crippen LogP contribution in [-0.4, -0.2) is 16.1 Å². The zero-order valence-corrected chi connectivity index (χ0v) is 12.2. The quantitative estimate of drug-likeness (QED) is 0.734. The van der Waals surface area contributed by atoms with Crippen LogP contribution in [0.5, 0.6) is 0 Å². The first-order valence-corrected chi connectivity index (χ1v) is 7.42. The number of carbonyl (C=O) groups is 1. The lowest BCUT2D eigenvalue weighted by Crippen LogP contribution is -1.95. The fourth-order valence-electron chi connectivity index (χ4n) is 1.97. The van der Waals surface area contributed by atoms with Crippen LogP contribution < -0.4 is 0 Å². The topological polar surface area (TPSA) is 63.3 Å². The molecule has 1 aromatic heterocycles. The molecule has 0 aliphatic carbocycles. The van der Waals surface area contributed by atoms with E-state index in [4.69, 9.17) is 9.52 Å². The Morgan fingerprint density at radius 1 is 1.24 bits per heavy atom. The van der Waals surface area contributed by atoms with Gasteiger partial charge >= 0.3 is 5.97 Å². The number of oxazole rings is 1. The molecule has 106 valence electrons. The van der Waals surface area contributed by atoms with Gasteiger partial charge in [-0.2, -0.15) is 0 Å². The van der Waals surface area contributed by atoms with Crippen molar-refractivity contribution in [2.24, 2.45) is 0 Å². The number of aromatic nitrogens is 1. The minimum absolute atomic E-state index is 0.293. The van der Waals surface area contributed by atoms with Crippen LogP contribution in [-0.2, 0) is 5.75 Å². The highest BCUT2D eigenvalue weighted by Gasteiger charge is 2.07. The first-order chi connectivity index (χ1) is 10.1. The molecule has 0 saturated carbocycles. The summed E-state index contributed by atoms with van der Waals surface area (Å²) in [5.41, 5.74) is 4.11. The number of benzene rings is 2. The molecule has 0 unspecified atom stereocenters. The van der Waals surface area contributed by atoms with Crippen LogP contribution in [0.4, 0.5) is 0 Å². The molecule has 0 amide bonds. The minimum Gasteiger partial charge on any atom is -0.478 e. The van der Waals surface area contributed by atoms with Gasteiger partial charge in [0.05, 0.1) is 5.56 Å². The normalized spacial score (nSPS) is 10.9. The lowest BCUT2D eigenvalue weighted by Gasteiger charge is -1.99. The van der Waals surface area contributed by atoms with E-state index in [1.807, 2.05) is 37.3 Å². The molecule has 3 rings (SSSR count). The lowest BCUT2D eigenvalue weighted by molar-refractivity contribution is 0.0697. The summed E-state index contributed by atoms with van der Waals surface area (Å²) in [5.74, 6) is -0.227. The van der Waals surface area contributed by atoms with Crippen LogP contribution in [0.25, 0.3) is 11.1 Å².